The Bertz CT molecular complexity index is 1510. The highest BCUT2D eigenvalue weighted by Gasteiger charge is 2.16. The number of sulfonamides is 1. The molecule has 0 atom stereocenters. The van der Waals surface area contributed by atoms with Crippen LogP contribution >= 0.6 is 33.9 Å². The van der Waals surface area contributed by atoms with Crippen molar-refractivity contribution in [3.05, 3.63) is 60.2 Å². The molecule has 0 amide bonds. The smallest absolute Gasteiger partial charge is 0.240 e. The number of morpholine rings is 1. The Morgan fingerprint density at radius 3 is 2.58 bits per heavy atom. The summed E-state index contributed by atoms with van der Waals surface area (Å²) >= 11 is 3.48. The fourth-order valence-electron chi connectivity index (χ4n) is 3.87. The average molecular weight is 670 g/mol. The summed E-state index contributed by atoms with van der Waals surface area (Å²) in [5.41, 5.74) is 2.51. The van der Waals surface area contributed by atoms with Gasteiger partial charge < -0.3 is 15.4 Å². The molecule has 5 rings (SSSR count). The molecule has 0 spiro atoms. The van der Waals surface area contributed by atoms with Gasteiger partial charge >= 0.3 is 0 Å². The van der Waals surface area contributed by atoms with Crippen molar-refractivity contribution in [1.82, 2.24) is 24.6 Å². The molecule has 3 N–H and O–H groups in total. The Hall–Kier alpha value is -2.50. The highest BCUT2D eigenvalue weighted by atomic mass is 127. The number of fused-ring (bicyclic) bond motifs is 1. The predicted molar refractivity (Wildman–Crippen MR) is 155 cm³/mol. The highest BCUT2D eigenvalue weighted by Crippen LogP contribution is 2.33. The van der Waals surface area contributed by atoms with Gasteiger partial charge in [0.25, 0.3) is 0 Å². The van der Waals surface area contributed by atoms with Crippen LogP contribution in [0.2, 0.25) is 0 Å². The number of nitrogens with one attached hydrogen (secondary N) is 3. The number of alkyl halides is 1. The Morgan fingerprint density at radius 1 is 1.05 bits per heavy atom. The topological polar surface area (TPSA) is 121 Å². The molecule has 1 fully saturated rings. The van der Waals surface area contributed by atoms with E-state index in [-0.39, 0.29) is 10.7 Å². The van der Waals surface area contributed by atoms with Gasteiger partial charge in [-0.1, -0.05) is 33.9 Å². The van der Waals surface area contributed by atoms with Crippen LogP contribution in [0.5, 0.6) is 0 Å². The lowest BCUT2D eigenvalue weighted by atomic mass is 10.2. The number of halogens is 2. The molecule has 200 valence electrons. The third-order valence-corrected chi connectivity index (χ3v) is 9.15. The van der Waals surface area contributed by atoms with Crippen LogP contribution in [0.1, 0.15) is 5.56 Å². The molecule has 0 bridgehead atoms. The van der Waals surface area contributed by atoms with Crippen molar-refractivity contribution in [1.29, 1.82) is 0 Å². The Labute approximate surface area is 237 Å². The maximum atomic E-state index is 13.9. The monoisotopic (exact) mass is 669 g/mol. The predicted octanol–water partition coefficient (Wildman–Crippen LogP) is 4.26. The maximum absolute atomic E-state index is 13.9. The van der Waals surface area contributed by atoms with Crippen molar-refractivity contribution < 1.29 is 17.5 Å². The van der Waals surface area contributed by atoms with Crippen LogP contribution in [0.4, 0.5) is 26.7 Å². The van der Waals surface area contributed by atoms with Gasteiger partial charge in [0.15, 0.2) is 16.6 Å². The number of hydrogen-bond acceptors (Lipinski definition) is 10. The van der Waals surface area contributed by atoms with Gasteiger partial charge in [-0.2, -0.15) is 4.98 Å². The van der Waals surface area contributed by atoms with Crippen molar-refractivity contribution in [3.8, 4) is 0 Å². The van der Waals surface area contributed by atoms with Crippen LogP contribution in [0.15, 0.2) is 53.7 Å². The largest absolute Gasteiger partial charge is 0.379 e. The van der Waals surface area contributed by atoms with Gasteiger partial charge in [-0.3, -0.25) is 4.90 Å². The minimum atomic E-state index is -3.61. The zero-order valence-electron chi connectivity index (χ0n) is 20.2. The first-order valence-corrected chi connectivity index (χ1v) is 15.6. The molecule has 2 aromatic carbocycles. The summed E-state index contributed by atoms with van der Waals surface area (Å²) in [5, 5.41) is 7.01. The summed E-state index contributed by atoms with van der Waals surface area (Å²) < 4.78 is 48.5. The first-order chi connectivity index (χ1) is 18.4. The summed E-state index contributed by atoms with van der Waals surface area (Å²) in [5.74, 6) is 0.320. The van der Waals surface area contributed by atoms with Gasteiger partial charge in [0.2, 0.25) is 10.0 Å². The molecule has 38 heavy (non-hydrogen) atoms. The molecular formula is C24H25FIN7O3S2. The highest BCUT2D eigenvalue weighted by molar-refractivity contribution is 14.1. The molecule has 4 aromatic rings. The quantitative estimate of drug-likeness (QED) is 0.168. The fraction of sp³-hybridized carbons (Fsp3) is 0.292. The molecule has 1 saturated heterocycles. The SMILES string of the molecule is O=S(=O)(NCCN1CCOCC1)c1ccc(Nc2nc3ncnc(Nc4ccc(F)c(CI)c4)c3s2)cc1. The second kappa shape index (κ2) is 12.1. The molecular weight excluding hydrogens is 644 g/mol. The second-order valence-corrected chi connectivity index (χ2v) is 12.0. The van der Waals surface area contributed by atoms with Gasteiger partial charge in [-0.15, -0.1) is 0 Å². The van der Waals surface area contributed by atoms with Gasteiger partial charge in [-0.25, -0.2) is 27.5 Å². The van der Waals surface area contributed by atoms with Gasteiger partial charge in [0.05, 0.1) is 18.1 Å². The Kier molecular flexibility index (Phi) is 8.64. The van der Waals surface area contributed by atoms with Crippen molar-refractivity contribution in [2.45, 2.75) is 9.32 Å². The zero-order valence-corrected chi connectivity index (χ0v) is 23.9. The van der Waals surface area contributed by atoms with Crippen LogP contribution in [-0.2, 0) is 19.2 Å². The Morgan fingerprint density at radius 2 is 1.82 bits per heavy atom. The van der Waals surface area contributed by atoms with Crippen molar-refractivity contribution in [2.75, 3.05) is 50.0 Å². The molecule has 1 aliphatic rings. The van der Waals surface area contributed by atoms with Crippen LogP contribution in [-0.4, -0.2) is 67.7 Å². The molecule has 0 unspecified atom stereocenters. The molecule has 3 heterocycles. The standard InChI is InChI=1S/C24H25FIN7O3S2/c25-20-6-3-18(13-16(20)14-26)30-22-21-23(28-15-27-22)32-24(37-21)31-17-1-4-19(5-2-17)38(34,35)29-7-8-33-9-11-36-12-10-33/h1-6,13,15,29H,7-12,14H2,(H2,27,28,30,31,32). The van der Waals surface area contributed by atoms with E-state index in [0.717, 1.165) is 23.5 Å². The summed E-state index contributed by atoms with van der Waals surface area (Å²) in [4.78, 5) is 15.5. The second-order valence-electron chi connectivity index (χ2n) is 8.46. The lowest BCUT2D eigenvalue weighted by Crippen LogP contribution is -2.41. The van der Waals surface area contributed by atoms with Crippen LogP contribution in [0, 0.1) is 5.82 Å². The number of ether oxygens (including phenoxy) is 1. The normalized spacial score (nSPS) is 14.6. The van der Waals surface area contributed by atoms with E-state index < -0.39 is 10.0 Å². The van der Waals surface area contributed by atoms with Gasteiger partial charge in [-0.05, 0) is 48.0 Å². The third kappa shape index (κ3) is 6.55. The van der Waals surface area contributed by atoms with Crippen molar-refractivity contribution in [2.24, 2.45) is 0 Å². The fourth-order valence-corrected chi connectivity index (χ4v) is 6.37. The van der Waals surface area contributed by atoms with E-state index >= 15 is 0 Å². The van der Waals surface area contributed by atoms with Crippen LogP contribution < -0.4 is 15.4 Å². The molecule has 1 aliphatic heterocycles. The number of aromatic nitrogens is 3. The van der Waals surface area contributed by atoms with E-state index in [9.17, 15) is 12.8 Å². The summed E-state index contributed by atoms with van der Waals surface area (Å²) in [7, 11) is -3.61. The number of nitrogens with zero attached hydrogens (tertiary/aromatic N) is 4. The number of anilines is 4. The van der Waals surface area contributed by atoms with Gasteiger partial charge in [0, 0.05) is 42.0 Å². The molecule has 0 radical (unpaired) electrons. The average Bonchev–Trinajstić information content (AvgIpc) is 3.34. The lowest BCUT2D eigenvalue weighted by Gasteiger charge is -2.26. The van der Waals surface area contributed by atoms with E-state index in [0.29, 0.717) is 58.6 Å². The van der Waals surface area contributed by atoms with Gasteiger partial charge in [0.1, 0.15) is 16.8 Å². The van der Waals surface area contributed by atoms with Crippen LogP contribution in [0.3, 0.4) is 0 Å². The first-order valence-electron chi connectivity index (χ1n) is 11.8. The van der Waals surface area contributed by atoms with E-state index in [4.69, 9.17) is 4.74 Å². The molecule has 14 heteroatoms. The Balaban J connectivity index is 1.24. The number of hydrogen-bond donors (Lipinski definition) is 3. The first kappa shape index (κ1) is 27.1. The van der Waals surface area contributed by atoms with E-state index in [1.54, 1.807) is 36.4 Å². The summed E-state index contributed by atoms with van der Waals surface area (Å²) in [6.07, 6.45) is 1.42. The van der Waals surface area contributed by atoms with E-state index in [1.807, 2.05) is 0 Å². The van der Waals surface area contributed by atoms with Crippen molar-refractivity contribution >= 4 is 76.6 Å². The minimum Gasteiger partial charge on any atom is -0.379 e. The van der Waals surface area contributed by atoms with E-state index in [1.165, 1.54) is 23.7 Å². The summed E-state index contributed by atoms with van der Waals surface area (Å²) in [6.45, 7) is 3.94. The number of rotatable bonds is 10. The van der Waals surface area contributed by atoms with E-state index in [2.05, 4.69) is 57.8 Å². The molecule has 2 aromatic heterocycles. The lowest BCUT2D eigenvalue weighted by molar-refractivity contribution is 0.0390. The maximum Gasteiger partial charge on any atom is 0.240 e. The molecule has 0 saturated carbocycles. The van der Waals surface area contributed by atoms with Crippen molar-refractivity contribution in [3.63, 3.8) is 0 Å². The number of thiazole rings is 1. The molecule has 0 aliphatic carbocycles. The number of benzene rings is 2. The molecule has 10 nitrogen and oxygen atoms in total. The van der Waals surface area contributed by atoms with Crippen LogP contribution in [0.25, 0.3) is 10.3 Å². The zero-order chi connectivity index (χ0) is 26.5. The summed E-state index contributed by atoms with van der Waals surface area (Å²) in [6, 6.07) is 11.3. The minimum absolute atomic E-state index is 0.192. The third-order valence-electron chi connectivity index (χ3n) is 5.88.